The van der Waals surface area contributed by atoms with E-state index in [2.05, 4.69) is 31.0 Å². The normalized spacial score (nSPS) is 43.3. The molecule has 0 aromatic heterocycles. The summed E-state index contributed by atoms with van der Waals surface area (Å²) in [6.45, 7) is 11.1. The van der Waals surface area contributed by atoms with Gasteiger partial charge in [0.2, 0.25) is 0 Å². The minimum Gasteiger partial charge on any atom is -0.311 e. The number of nitrogens with one attached hydrogen (secondary N) is 1. The molecule has 0 bridgehead atoms. The molecule has 92 valence electrons. The quantitative estimate of drug-likeness (QED) is 0.787. The van der Waals surface area contributed by atoms with Crippen molar-refractivity contribution in [2.75, 3.05) is 19.6 Å². The predicted octanol–water partition coefficient (Wildman–Crippen LogP) is 2.10. The van der Waals surface area contributed by atoms with Crippen molar-refractivity contribution >= 4 is 0 Å². The van der Waals surface area contributed by atoms with Crippen LogP contribution in [0.1, 0.15) is 40.0 Å². The Hall–Kier alpha value is -0.0800. The highest BCUT2D eigenvalue weighted by molar-refractivity contribution is 5.00. The van der Waals surface area contributed by atoms with Gasteiger partial charge in [-0.2, -0.15) is 0 Å². The fourth-order valence-corrected chi connectivity index (χ4v) is 3.19. The monoisotopic (exact) mass is 222 g/mol. The Bertz CT molecular complexity index is 268. The average Bonchev–Trinajstić information content (AvgIpc) is 3.09. The second kappa shape index (κ2) is 3.71. The summed E-state index contributed by atoms with van der Waals surface area (Å²) >= 11 is 0. The fourth-order valence-electron chi connectivity index (χ4n) is 3.19. The molecular formula is C14H26N2. The van der Waals surface area contributed by atoms with Crippen molar-refractivity contribution in [2.45, 2.75) is 52.1 Å². The molecule has 2 heteroatoms. The van der Waals surface area contributed by atoms with Crippen LogP contribution >= 0.6 is 0 Å². The highest BCUT2D eigenvalue weighted by Crippen LogP contribution is 2.52. The Morgan fingerprint density at radius 1 is 1.31 bits per heavy atom. The molecule has 3 aliphatic rings. The largest absolute Gasteiger partial charge is 0.311 e. The lowest BCUT2D eigenvalue weighted by Crippen LogP contribution is -2.56. The molecule has 3 unspecified atom stereocenters. The summed E-state index contributed by atoms with van der Waals surface area (Å²) in [7, 11) is 0. The van der Waals surface area contributed by atoms with Gasteiger partial charge in [0, 0.05) is 31.7 Å². The summed E-state index contributed by atoms with van der Waals surface area (Å²) in [5, 5.41) is 3.73. The first-order valence-corrected chi connectivity index (χ1v) is 7.04. The first kappa shape index (κ1) is 11.0. The summed E-state index contributed by atoms with van der Waals surface area (Å²) in [4.78, 5) is 2.75. The Kier molecular flexibility index (Phi) is 2.56. The van der Waals surface area contributed by atoms with Gasteiger partial charge in [-0.15, -0.1) is 0 Å². The Labute approximate surface area is 99.8 Å². The molecule has 3 atom stereocenters. The van der Waals surface area contributed by atoms with Crippen LogP contribution in [0.4, 0.5) is 0 Å². The third-order valence-electron chi connectivity index (χ3n) is 5.09. The van der Waals surface area contributed by atoms with E-state index in [-0.39, 0.29) is 0 Å². The van der Waals surface area contributed by atoms with Crippen LogP contribution in [0, 0.1) is 17.3 Å². The molecule has 1 heterocycles. The Morgan fingerprint density at radius 3 is 2.56 bits per heavy atom. The molecule has 0 amide bonds. The van der Waals surface area contributed by atoms with Crippen LogP contribution in [0.2, 0.25) is 0 Å². The molecule has 0 spiro atoms. The molecule has 0 radical (unpaired) electrons. The highest BCUT2D eigenvalue weighted by atomic mass is 15.2. The van der Waals surface area contributed by atoms with Gasteiger partial charge < -0.3 is 5.32 Å². The molecule has 1 aliphatic heterocycles. The standard InChI is InChI=1S/C14H26N2/c1-10-7-15-13(11-4-5-11)9-16(10)8-12-6-14(12,2)3/h10-13,15H,4-9H2,1-3H3. The van der Waals surface area contributed by atoms with Gasteiger partial charge in [0.15, 0.2) is 0 Å². The van der Waals surface area contributed by atoms with Crippen LogP contribution in [-0.2, 0) is 0 Å². The van der Waals surface area contributed by atoms with E-state index in [1.54, 1.807) is 0 Å². The van der Waals surface area contributed by atoms with Crippen LogP contribution in [0.15, 0.2) is 0 Å². The van der Waals surface area contributed by atoms with Crippen LogP contribution in [0.3, 0.4) is 0 Å². The van der Waals surface area contributed by atoms with E-state index in [0.29, 0.717) is 5.41 Å². The second-order valence-corrected chi connectivity index (χ2v) is 7.04. The molecule has 2 nitrogen and oxygen atoms in total. The summed E-state index contributed by atoms with van der Waals surface area (Å²) in [6, 6.07) is 1.55. The van der Waals surface area contributed by atoms with Crippen LogP contribution in [0.5, 0.6) is 0 Å². The van der Waals surface area contributed by atoms with Gasteiger partial charge in [-0.1, -0.05) is 13.8 Å². The van der Waals surface area contributed by atoms with Gasteiger partial charge in [-0.3, -0.25) is 4.90 Å². The van der Waals surface area contributed by atoms with Gasteiger partial charge in [-0.05, 0) is 43.4 Å². The predicted molar refractivity (Wildman–Crippen MR) is 67.4 cm³/mol. The fraction of sp³-hybridized carbons (Fsp3) is 1.00. The van der Waals surface area contributed by atoms with E-state index in [1.165, 1.54) is 38.9 Å². The molecule has 0 aromatic carbocycles. The van der Waals surface area contributed by atoms with E-state index in [4.69, 9.17) is 0 Å². The zero-order valence-electron chi connectivity index (χ0n) is 11.0. The average molecular weight is 222 g/mol. The van der Waals surface area contributed by atoms with Crippen molar-refractivity contribution in [1.82, 2.24) is 10.2 Å². The van der Waals surface area contributed by atoms with Crippen LogP contribution in [0.25, 0.3) is 0 Å². The first-order valence-electron chi connectivity index (χ1n) is 7.04. The molecule has 2 saturated carbocycles. The molecule has 3 fully saturated rings. The minimum atomic E-state index is 0.639. The number of piperazine rings is 1. The van der Waals surface area contributed by atoms with Crippen LogP contribution < -0.4 is 5.32 Å². The van der Waals surface area contributed by atoms with Crippen molar-refractivity contribution < 1.29 is 0 Å². The Morgan fingerprint density at radius 2 is 2.00 bits per heavy atom. The maximum atomic E-state index is 3.73. The maximum absolute atomic E-state index is 3.73. The van der Waals surface area contributed by atoms with E-state index >= 15 is 0 Å². The molecule has 2 aliphatic carbocycles. The molecular weight excluding hydrogens is 196 g/mol. The van der Waals surface area contributed by atoms with Crippen molar-refractivity contribution in [2.24, 2.45) is 17.3 Å². The maximum Gasteiger partial charge on any atom is 0.0224 e. The minimum absolute atomic E-state index is 0.639. The second-order valence-electron chi connectivity index (χ2n) is 7.04. The van der Waals surface area contributed by atoms with Gasteiger partial charge in [0.05, 0.1) is 0 Å². The highest BCUT2D eigenvalue weighted by Gasteiger charge is 2.47. The van der Waals surface area contributed by atoms with Gasteiger partial charge in [0.1, 0.15) is 0 Å². The lowest BCUT2D eigenvalue weighted by atomic mass is 10.0. The van der Waals surface area contributed by atoms with E-state index in [1.807, 2.05) is 0 Å². The number of rotatable bonds is 3. The molecule has 1 N–H and O–H groups in total. The third kappa shape index (κ3) is 2.14. The van der Waals surface area contributed by atoms with Crippen molar-refractivity contribution in [3.63, 3.8) is 0 Å². The van der Waals surface area contributed by atoms with Crippen molar-refractivity contribution in [3.05, 3.63) is 0 Å². The smallest absolute Gasteiger partial charge is 0.0224 e. The number of nitrogens with zero attached hydrogens (tertiary/aromatic N) is 1. The summed E-state index contributed by atoms with van der Waals surface area (Å²) < 4.78 is 0. The number of hydrogen-bond donors (Lipinski definition) is 1. The van der Waals surface area contributed by atoms with Crippen molar-refractivity contribution in [3.8, 4) is 0 Å². The zero-order chi connectivity index (χ0) is 11.3. The summed E-state index contributed by atoms with van der Waals surface area (Å²) in [5.41, 5.74) is 0.639. The van der Waals surface area contributed by atoms with Crippen LogP contribution in [-0.4, -0.2) is 36.6 Å². The summed E-state index contributed by atoms with van der Waals surface area (Å²) in [5.74, 6) is 1.97. The molecule has 16 heavy (non-hydrogen) atoms. The molecule has 3 rings (SSSR count). The van der Waals surface area contributed by atoms with E-state index in [9.17, 15) is 0 Å². The SMILES string of the molecule is CC1CNC(C2CC2)CN1CC1CC1(C)C. The zero-order valence-corrected chi connectivity index (χ0v) is 11.0. The Balaban J connectivity index is 1.55. The third-order valence-corrected chi connectivity index (χ3v) is 5.09. The first-order chi connectivity index (χ1) is 7.56. The topological polar surface area (TPSA) is 15.3 Å². The lowest BCUT2D eigenvalue weighted by molar-refractivity contribution is 0.122. The molecule has 1 saturated heterocycles. The number of hydrogen-bond acceptors (Lipinski definition) is 2. The molecule has 0 aromatic rings. The summed E-state index contributed by atoms with van der Waals surface area (Å²) in [6.07, 6.45) is 4.38. The van der Waals surface area contributed by atoms with Crippen molar-refractivity contribution in [1.29, 1.82) is 0 Å². The van der Waals surface area contributed by atoms with E-state index in [0.717, 1.165) is 23.9 Å². The van der Waals surface area contributed by atoms with Gasteiger partial charge in [-0.25, -0.2) is 0 Å². The van der Waals surface area contributed by atoms with E-state index < -0.39 is 0 Å². The lowest BCUT2D eigenvalue weighted by Gasteiger charge is -2.39. The van der Waals surface area contributed by atoms with Gasteiger partial charge in [0.25, 0.3) is 0 Å². The van der Waals surface area contributed by atoms with Gasteiger partial charge >= 0.3 is 0 Å².